The molecule has 2 heterocycles. The van der Waals surface area contributed by atoms with Gasteiger partial charge in [0.05, 0.1) is 0 Å². The van der Waals surface area contributed by atoms with Crippen LogP contribution in [0.15, 0.2) is 30.3 Å². The van der Waals surface area contributed by atoms with Crippen molar-refractivity contribution in [3.8, 4) is 0 Å². The van der Waals surface area contributed by atoms with Crippen molar-refractivity contribution in [3.63, 3.8) is 0 Å². The number of carboxylic acids is 1. The number of aliphatic carboxylic acids is 1. The standard InChI is InChI=1S/C21H33N3O2/c25-21(26)8-4-5-11-22-14-16-24(17-15-22)20-9-12-23(13-10-20)18-19-6-2-1-3-7-19/h1-3,6-7,20H,4-5,8-18H2,(H,25,26). The SMILES string of the molecule is O=C(O)CCCCN1CCN(C2CCN(Cc3ccccc3)CC2)CC1. The van der Waals surface area contributed by atoms with Crippen molar-refractivity contribution in [2.24, 2.45) is 0 Å². The molecule has 144 valence electrons. The lowest BCUT2D eigenvalue weighted by Gasteiger charge is -2.42. The van der Waals surface area contributed by atoms with E-state index in [2.05, 4.69) is 45.0 Å². The summed E-state index contributed by atoms with van der Waals surface area (Å²) in [6.45, 7) is 9.15. The van der Waals surface area contributed by atoms with Crippen molar-refractivity contribution in [2.75, 3.05) is 45.8 Å². The summed E-state index contributed by atoms with van der Waals surface area (Å²) in [5.74, 6) is -0.673. The van der Waals surface area contributed by atoms with Crippen LogP contribution in [0, 0.1) is 0 Å². The largest absolute Gasteiger partial charge is 0.481 e. The maximum Gasteiger partial charge on any atom is 0.303 e. The van der Waals surface area contributed by atoms with E-state index in [4.69, 9.17) is 5.11 Å². The van der Waals surface area contributed by atoms with Gasteiger partial charge in [-0.3, -0.25) is 14.6 Å². The first-order valence-electron chi connectivity index (χ1n) is 10.2. The second-order valence-corrected chi connectivity index (χ2v) is 7.72. The molecule has 5 nitrogen and oxygen atoms in total. The number of nitrogens with zero attached hydrogens (tertiary/aromatic N) is 3. The normalized spacial score (nSPS) is 21.1. The Morgan fingerprint density at radius 1 is 0.923 bits per heavy atom. The average molecular weight is 360 g/mol. The fraction of sp³-hybridized carbons (Fsp3) is 0.667. The summed E-state index contributed by atoms with van der Waals surface area (Å²) in [5, 5.41) is 8.71. The van der Waals surface area contributed by atoms with E-state index in [9.17, 15) is 4.79 Å². The van der Waals surface area contributed by atoms with E-state index in [1.54, 1.807) is 0 Å². The third kappa shape index (κ3) is 6.08. The van der Waals surface area contributed by atoms with Crippen LogP contribution in [0.25, 0.3) is 0 Å². The molecule has 0 saturated carbocycles. The van der Waals surface area contributed by atoms with Crippen LogP contribution >= 0.6 is 0 Å². The molecule has 1 N–H and O–H groups in total. The number of unbranched alkanes of at least 4 members (excludes halogenated alkanes) is 1. The lowest BCUT2D eigenvalue weighted by atomic mass is 10.0. The molecular weight excluding hydrogens is 326 g/mol. The van der Waals surface area contributed by atoms with Gasteiger partial charge < -0.3 is 10.0 Å². The van der Waals surface area contributed by atoms with E-state index < -0.39 is 5.97 Å². The van der Waals surface area contributed by atoms with E-state index in [-0.39, 0.29) is 0 Å². The monoisotopic (exact) mass is 359 g/mol. The molecule has 2 aliphatic rings. The summed E-state index contributed by atoms with van der Waals surface area (Å²) >= 11 is 0. The molecule has 0 bridgehead atoms. The Hall–Kier alpha value is -1.43. The Kier molecular flexibility index (Phi) is 7.47. The van der Waals surface area contributed by atoms with Crippen molar-refractivity contribution in [1.29, 1.82) is 0 Å². The fourth-order valence-corrected chi connectivity index (χ4v) is 4.25. The van der Waals surface area contributed by atoms with Crippen LogP contribution in [-0.4, -0.2) is 77.6 Å². The Balaban J connectivity index is 1.31. The molecule has 2 fully saturated rings. The van der Waals surface area contributed by atoms with Crippen LogP contribution in [0.4, 0.5) is 0 Å². The molecule has 1 aromatic carbocycles. The van der Waals surface area contributed by atoms with Crippen LogP contribution in [0.1, 0.15) is 37.7 Å². The molecule has 2 saturated heterocycles. The van der Waals surface area contributed by atoms with Gasteiger partial charge in [-0.2, -0.15) is 0 Å². The number of carboxylic acid groups (broad SMARTS) is 1. The summed E-state index contributed by atoms with van der Waals surface area (Å²) in [7, 11) is 0. The van der Waals surface area contributed by atoms with Crippen molar-refractivity contribution in [1.82, 2.24) is 14.7 Å². The van der Waals surface area contributed by atoms with E-state index in [1.165, 1.54) is 44.6 Å². The molecule has 1 aromatic rings. The van der Waals surface area contributed by atoms with Gasteiger partial charge in [0.1, 0.15) is 0 Å². The quantitative estimate of drug-likeness (QED) is 0.723. The van der Waals surface area contributed by atoms with Crippen LogP contribution < -0.4 is 0 Å². The minimum Gasteiger partial charge on any atom is -0.481 e. The van der Waals surface area contributed by atoms with Crippen LogP contribution in [-0.2, 0) is 11.3 Å². The summed E-state index contributed by atoms with van der Waals surface area (Å²) in [4.78, 5) is 18.3. The van der Waals surface area contributed by atoms with Gasteiger partial charge in [-0.1, -0.05) is 30.3 Å². The number of hydrogen-bond acceptors (Lipinski definition) is 4. The molecule has 0 amide bonds. The van der Waals surface area contributed by atoms with Gasteiger partial charge in [0, 0.05) is 45.2 Å². The molecular formula is C21H33N3O2. The highest BCUT2D eigenvalue weighted by Gasteiger charge is 2.27. The summed E-state index contributed by atoms with van der Waals surface area (Å²) in [6, 6.07) is 11.5. The van der Waals surface area contributed by atoms with Crippen molar-refractivity contribution < 1.29 is 9.90 Å². The molecule has 3 rings (SSSR count). The highest BCUT2D eigenvalue weighted by molar-refractivity contribution is 5.66. The van der Waals surface area contributed by atoms with Crippen molar-refractivity contribution in [3.05, 3.63) is 35.9 Å². The minimum absolute atomic E-state index is 0.307. The van der Waals surface area contributed by atoms with Gasteiger partial charge in [0.25, 0.3) is 0 Å². The third-order valence-corrected chi connectivity index (χ3v) is 5.84. The second-order valence-electron chi connectivity index (χ2n) is 7.72. The van der Waals surface area contributed by atoms with Crippen molar-refractivity contribution >= 4 is 5.97 Å². The Labute approximate surface area is 157 Å². The number of likely N-dealkylation sites (tertiary alicyclic amines) is 1. The number of piperidine rings is 1. The van der Waals surface area contributed by atoms with E-state index in [0.717, 1.165) is 45.1 Å². The summed E-state index contributed by atoms with van der Waals surface area (Å²) < 4.78 is 0. The molecule has 0 unspecified atom stereocenters. The Bertz CT molecular complexity index is 535. The zero-order chi connectivity index (χ0) is 18.2. The topological polar surface area (TPSA) is 47.0 Å². The molecule has 0 radical (unpaired) electrons. The molecule has 5 heteroatoms. The van der Waals surface area contributed by atoms with E-state index in [0.29, 0.717) is 6.42 Å². The second kappa shape index (κ2) is 10.0. The zero-order valence-electron chi connectivity index (χ0n) is 15.9. The maximum absolute atomic E-state index is 10.6. The molecule has 0 aromatic heterocycles. The zero-order valence-corrected chi connectivity index (χ0v) is 15.9. The number of hydrogen-bond donors (Lipinski definition) is 1. The van der Waals surface area contributed by atoms with Crippen LogP contribution in [0.5, 0.6) is 0 Å². The average Bonchev–Trinajstić information content (AvgIpc) is 2.67. The molecule has 0 atom stereocenters. The van der Waals surface area contributed by atoms with Gasteiger partial charge in [0.2, 0.25) is 0 Å². The summed E-state index contributed by atoms with van der Waals surface area (Å²) in [6.07, 6.45) is 4.68. The minimum atomic E-state index is -0.673. The highest BCUT2D eigenvalue weighted by atomic mass is 16.4. The first-order chi connectivity index (χ1) is 12.7. The van der Waals surface area contributed by atoms with Crippen molar-refractivity contribution in [2.45, 2.75) is 44.7 Å². The smallest absolute Gasteiger partial charge is 0.303 e. The first-order valence-corrected chi connectivity index (χ1v) is 10.2. The summed E-state index contributed by atoms with van der Waals surface area (Å²) in [5.41, 5.74) is 1.42. The van der Waals surface area contributed by atoms with Gasteiger partial charge in [0.15, 0.2) is 0 Å². The number of piperazine rings is 1. The number of rotatable bonds is 8. The molecule has 2 aliphatic heterocycles. The number of carbonyl (C=O) groups is 1. The van der Waals surface area contributed by atoms with Crippen LogP contribution in [0.2, 0.25) is 0 Å². The van der Waals surface area contributed by atoms with E-state index in [1.807, 2.05) is 0 Å². The van der Waals surface area contributed by atoms with Gasteiger partial charge in [-0.15, -0.1) is 0 Å². The van der Waals surface area contributed by atoms with Gasteiger partial charge in [-0.05, 0) is 50.9 Å². The molecule has 0 aliphatic carbocycles. The number of benzene rings is 1. The van der Waals surface area contributed by atoms with Gasteiger partial charge in [-0.25, -0.2) is 0 Å². The molecule has 26 heavy (non-hydrogen) atoms. The predicted molar refractivity (Wildman–Crippen MR) is 104 cm³/mol. The lowest BCUT2D eigenvalue weighted by molar-refractivity contribution is -0.137. The highest BCUT2D eigenvalue weighted by Crippen LogP contribution is 2.20. The maximum atomic E-state index is 10.6. The van der Waals surface area contributed by atoms with Gasteiger partial charge >= 0.3 is 5.97 Å². The predicted octanol–water partition coefficient (Wildman–Crippen LogP) is 2.52. The van der Waals surface area contributed by atoms with E-state index >= 15 is 0 Å². The third-order valence-electron chi connectivity index (χ3n) is 5.84. The molecule has 0 spiro atoms. The fourth-order valence-electron chi connectivity index (χ4n) is 4.25. The van der Waals surface area contributed by atoms with Crippen LogP contribution in [0.3, 0.4) is 0 Å². The Morgan fingerprint density at radius 3 is 2.27 bits per heavy atom. The Morgan fingerprint density at radius 2 is 1.62 bits per heavy atom. The lowest BCUT2D eigenvalue weighted by Crippen LogP contribution is -2.53. The first kappa shape index (κ1) is 19.3.